The first-order valence-electron chi connectivity index (χ1n) is 20.1. The quantitative estimate of drug-likeness (QED) is 0.168. The first-order valence-corrected chi connectivity index (χ1v) is 21.7. The van der Waals surface area contributed by atoms with Gasteiger partial charge in [-0.05, 0) is 63.0 Å². The molecule has 0 aliphatic heterocycles. The molecule has 3 nitrogen and oxygen atoms in total. The lowest BCUT2D eigenvalue weighted by molar-refractivity contribution is 1.08. The van der Waals surface area contributed by atoms with Crippen LogP contribution in [0.3, 0.4) is 0 Å². The van der Waals surface area contributed by atoms with Crippen molar-refractivity contribution >= 4 is 73.8 Å². The fourth-order valence-electron chi connectivity index (χ4n) is 8.86. The topological polar surface area (TPSA) is 38.7 Å². The summed E-state index contributed by atoms with van der Waals surface area (Å²) in [6, 6.07) is 71.5. The Labute approximate surface area is 354 Å². The van der Waals surface area contributed by atoms with Crippen molar-refractivity contribution in [2.45, 2.75) is 0 Å². The van der Waals surface area contributed by atoms with Crippen LogP contribution in [0, 0.1) is 0 Å². The van der Waals surface area contributed by atoms with Gasteiger partial charge in [0, 0.05) is 62.4 Å². The minimum absolute atomic E-state index is 0.637. The van der Waals surface area contributed by atoms with Gasteiger partial charge < -0.3 is 0 Å². The molecule has 0 saturated heterocycles. The third kappa shape index (κ3) is 5.66. The van der Waals surface area contributed by atoms with E-state index < -0.39 is 0 Å². The Kier molecular flexibility index (Phi) is 8.22. The molecule has 0 amide bonds. The average molecular weight is 800 g/mol. The molecule has 60 heavy (non-hydrogen) atoms. The first kappa shape index (κ1) is 34.7. The normalized spacial score (nSPS) is 11.7. The number of hydrogen-bond donors (Lipinski definition) is 0. The second-order valence-corrected chi connectivity index (χ2v) is 17.1. The average Bonchev–Trinajstić information content (AvgIpc) is 3.90. The van der Waals surface area contributed by atoms with Crippen molar-refractivity contribution in [3.05, 3.63) is 200 Å². The summed E-state index contributed by atoms with van der Waals surface area (Å²) in [5.41, 5.74) is 9.72. The SMILES string of the molecule is c1ccc(-c2ccccc2-c2ccc3cccc(-c4ccccc4)c3c2-c2nc(-c3cccc4c3sc3ccccc34)nc(-c3cccc4c3sc3ccccc34)n2)cc1. The molecule has 280 valence electrons. The zero-order valence-electron chi connectivity index (χ0n) is 32.2. The lowest BCUT2D eigenvalue weighted by Gasteiger charge is -2.19. The van der Waals surface area contributed by atoms with Crippen LogP contribution < -0.4 is 0 Å². The lowest BCUT2D eigenvalue weighted by atomic mass is 9.86. The van der Waals surface area contributed by atoms with Gasteiger partial charge in [-0.1, -0.05) is 176 Å². The Balaban J connectivity index is 1.23. The second kappa shape index (κ2) is 14.2. The summed E-state index contributed by atoms with van der Waals surface area (Å²) in [6.45, 7) is 0. The van der Waals surface area contributed by atoms with Crippen LogP contribution >= 0.6 is 22.7 Å². The van der Waals surface area contributed by atoms with Gasteiger partial charge in [-0.15, -0.1) is 22.7 Å². The molecule has 0 N–H and O–H groups in total. The van der Waals surface area contributed by atoms with Crippen LogP contribution in [0.25, 0.3) is 119 Å². The third-order valence-corrected chi connectivity index (χ3v) is 14.0. The molecule has 9 aromatic carbocycles. The van der Waals surface area contributed by atoms with E-state index in [1.165, 1.54) is 40.3 Å². The molecule has 0 atom stereocenters. The Morgan fingerprint density at radius 2 is 0.733 bits per heavy atom. The fraction of sp³-hybridized carbons (Fsp3) is 0. The van der Waals surface area contributed by atoms with E-state index in [0.29, 0.717) is 17.5 Å². The van der Waals surface area contributed by atoms with E-state index in [1.54, 1.807) is 22.7 Å². The van der Waals surface area contributed by atoms with E-state index in [-0.39, 0.29) is 0 Å². The zero-order valence-corrected chi connectivity index (χ0v) is 33.8. The van der Waals surface area contributed by atoms with Gasteiger partial charge >= 0.3 is 0 Å². The molecule has 0 aliphatic rings. The van der Waals surface area contributed by atoms with Crippen LogP contribution in [0.5, 0.6) is 0 Å². The van der Waals surface area contributed by atoms with Crippen molar-refractivity contribution in [3.63, 3.8) is 0 Å². The molecular weight excluding hydrogens is 767 g/mol. The van der Waals surface area contributed by atoms with Crippen LogP contribution in [-0.4, -0.2) is 15.0 Å². The molecule has 3 aromatic heterocycles. The number of fused-ring (bicyclic) bond motifs is 7. The maximum Gasteiger partial charge on any atom is 0.165 e. The van der Waals surface area contributed by atoms with E-state index >= 15 is 0 Å². The smallest absolute Gasteiger partial charge is 0.165 e. The van der Waals surface area contributed by atoms with Crippen molar-refractivity contribution in [3.8, 4) is 67.5 Å². The highest BCUT2D eigenvalue weighted by molar-refractivity contribution is 7.26. The predicted molar refractivity (Wildman–Crippen MR) is 256 cm³/mol. The number of nitrogens with zero attached hydrogens (tertiary/aromatic N) is 3. The molecule has 5 heteroatoms. The highest BCUT2D eigenvalue weighted by atomic mass is 32.1. The Morgan fingerprint density at radius 3 is 1.35 bits per heavy atom. The molecule has 3 heterocycles. The molecular formula is C55H33N3S2. The molecule has 12 rings (SSSR count). The number of thiophene rings is 2. The zero-order chi connectivity index (χ0) is 39.6. The Morgan fingerprint density at radius 1 is 0.283 bits per heavy atom. The second-order valence-electron chi connectivity index (χ2n) is 15.0. The summed E-state index contributed by atoms with van der Waals surface area (Å²) in [4.78, 5) is 16.7. The highest BCUT2D eigenvalue weighted by Gasteiger charge is 2.24. The summed E-state index contributed by atoms with van der Waals surface area (Å²) >= 11 is 3.59. The largest absolute Gasteiger partial charge is 0.208 e. The maximum atomic E-state index is 5.60. The summed E-state index contributed by atoms with van der Waals surface area (Å²) < 4.78 is 4.82. The highest BCUT2D eigenvalue weighted by Crippen LogP contribution is 2.47. The van der Waals surface area contributed by atoms with Crippen LogP contribution in [0.15, 0.2) is 200 Å². The van der Waals surface area contributed by atoms with Gasteiger partial charge in [0.25, 0.3) is 0 Å². The number of benzene rings is 9. The van der Waals surface area contributed by atoms with E-state index in [1.807, 2.05) is 0 Å². The van der Waals surface area contributed by atoms with Gasteiger partial charge in [0.15, 0.2) is 17.5 Å². The van der Waals surface area contributed by atoms with Crippen molar-refractivity contribution in [1.82, 2.24) is 15.0 Å². The van der Waals surface area contributed by atoms with E-state index in [4.69, 9.17) is 15.0 Å². The molecule has 12 aromatic rings. The Hall–Kier alpha value is -7.31. The van der Waals surface area contributed by atoms with E-state index in [9.17, 15) is 0 Å². The van der Waals surface area contributed by atoms with Crippen molar-refractivity contribution in [1.29, 1.82) is 0 Å². The first-order chi connectivity index (χ1) is 29.8. The van der Waals surface area contributed by atoms with Crippen molar-refractivity contribution in [2.24, 2.45) is 0 Å². The van der Waals surface area contributed by atoms with Gasteiger partial charge in [-0.25, -0.2) is 15.0 Å². The monoisotopic (exact) mass is 799 g/mol. The van der Waals surface area contributed by atoms with Crippen molar-refractivity contribution < 1.29 is 0 Å². The van der Waals surface area contributed by atoms with Crippen LogP contribution in [0.1, 0.15) is 0 Å². The predicted octanol–water partition coefficient (Wildman–Crippen LogP) is 15.8. The molecule has 0 bridgehead atoms. The van der Waals surface area contributed by atoms with Crippen LogP contribution in [-0.2, 0) is 0 Å². The third-order valence-electron chi connectivity index (χ3n) is 11.6. The van der Waals surface area contributed by atoms with Crippen LogP contribution in [0.2, 0.25) is 0 Å². The number of aromatic nitrogens is 3. The van der Waals surface area contributed by atoms with Gasteiger partial charge in [0.05, 0.1) is 0 Å². The number of rotatable bonds is 6. The standard InChI is InChI=1S/C55H33N3S2/c1-3-16-34(17-4-1)37-21-7-8-22-39(37)42-33-32-36-20-13-25-38(35-18-5-2-6-19-35)49(36)50(42)55-57-53(45-28-14-26-43-40-23-9-11-30-47(40)59-51(43)45)56-54(58-55)46-29-15-27-44-41-24-10-12-31-48(41)60-52(44)46/h1-33H. The summed E-state index contributed by atoms with van der Waals surface area (Å²) in [5.74, 6) is 1.95. The minimum Gasteiger partial charge on any atom is -0.208 e. The molecule has 0 saturated carbocycles. The summed E-state index contributed by atoms with van der Waals surface area (Å²) in [6.07, 6.45) is 0. The van der Waals surface area contributed by atoms with Crippen molar-refractivity contribution in [2.75, 3.05) is 0 Å². The van der Waals surface area contributed by atoms with Gasteiger partial charge in [-0.2, -0.15) is 0 Å². The van der Waals surface area contributed by atoms with Gasteiger partial charge in [-0.3, -0.25) is 0 Å². The molecule has 0 spiro atoms. The Bertz CT molecular complexity index is 3470. The van der Waals surface area contributed by atoms with Gasteiger partial charge in [0.2, 0.25) is 0 Å². The summed E-state index contributed by atoms with van der Waals surface area (Å²) in [5, 5.41) is 7.12. The molecule has 0 aliphatic carbocycles. The molecule has 0 unspecified atom stereocenters. The van der Waals surface area contributed by atoms with Gasteiger partial charge in [0.1, 0.15) is 0 Å². The molecule has 0 radical (unpaired) electrons. The molecule has 0 fully saturated rings. The number of hydrogen-bond acceptors (Lipinski definition) is 5. The lowest BCUT2D eigenvalue weighted by Crippen LogP contribution is -2.02. The van der Waals surface area contributed by atoms with E-state index in [0.717, 1.165) is 60.8 Å². The van der Waals surface area contributed by atoms with Crippen LogP contribution in [0.4, 0.5) is 0 Å². The van der Waals surface area contributed by atoms with E-state index in [2.05, 4.69) is 200 Å². The summed E-state index contributed by atoms with van der Waals surface area (Å²) in [7, 11) is 0. The minimum atomic E-state index is 0.637. The maximum absolute atomic E-state index is 5.60. The fourth-order valence-corrected chi connectivity index (χ4v) is 11.3.